The summed E-state index contributed by atoms with van der Waals surface area (Å²) < 4.78 is 140. The summed E-state index contributed by atoms with van der Waals surface area (Å²) in [5, 5.41) is 29.0. The van der Waals surface area contributed by atoms with Crippen LogP contribution in [0.4, 0.5) is 57.4 Å². The largest absolute Gasteiger partial charge is 0.398 e. The van der Waals surface area contributed by atoms with Gasteiger partial charge in [-0.1, -0.05) is 70.7 Å². The highest BCUT2D eigenvalue weighted by Gasteiger charge is 2.61. The van der Waals surface area contributed by atoms with E-state index in [2.05, 4.69) is 102 Å². The van der Waals surface area contributed by atoms with Crippen LogP contribution in [0.3, 0.4) is 0 Å². The number of carbonyl (C=O) groups excluding carboxylic acids is 2. The fourth-order valence-electron chi connectivity index (χ4n) is 18.2. The number of nitrogens with one attached hydrogen (secondary N) is 3. The molecule has 12 aromatic heterocycles. The zero-order valence-electron chi connectivity index (χ0n) is 83.1. The Morgan fingerprint density at radius 3 is 1.14 bits per heavy atom. The van der Waals surface area contributed by atoms with Gasteiger partial charge >= 0.3 is 0 Å². The second-order valence-electron chi connectivity index (χ2n) is 37.0. The highest BCUT2D eigenvalue weighted by atomic mass is 35.5. The van der Waals surface area contributed by atoms with Gasteiger partial charge in [0, 0.05) is 161 Å². The number of nitrogens with zero attached hydrogens (tertiary/aromatic N) is 20. The minimum absolute atomic E-state index is 0.00853. The number of amides is 1. The Morgan fingerprint density at radius 2 is 0.791 bits per heavy atom. The second kappa shape index (κ2) is 45.0. The Hall–Kier alpha value is -12.1. The molecular weight excluding hydrogens is 2070 g/mol. The number of carbonyl (C=O) groups is 2. The van der Waals surface area contributed by atoms with Crippen molar-refractivity contribution in [2.45, 2.75) is 180 Å². The number of anilines is 7. The number of halogens is 8. The number of alkyl halides is 4. The number of ether oxygens (including phenoxy) is 4. The highest BCUT2D eigenvalue weighted by Crippen LogP contribution is 2.51. The smallest absolute Gasteiger partial charge is 0.260 e. The van der Waals surface area contributed by atoms with Crippen LogP contribution in [0.5, 0.6) is 0 Å². The number of hydrogen-bond donors (Lipinski definition) is 5. The van der Waals surface area contributed by atoms with E-state index < -0.39 is 61.5 Å². The van der Waals surface area contributed by atoms with Crippen LogP contribution in [0.1, 0.15) is 144 Å². The SMILES string of the molecule is CSc1cc(-c2ccn(C)n2)ccc1Nc1cc(Cl)nc2c1nc(C)n2C1CCCCO1.CSc1cc(-c2cnn(C)c2)ccc1N.Cc1nc2c(Cl)cc(Cl)nc2n1C1CCCCO1.Cc1nc2c(Nc3ccc(-c4ccn(C)n4)cc3S(C)(=O)=O)cc(CC(=O)C3CC3(F)F)nc2n1C1CCCCO1.Cc1nc2c(Nc3ccc(-c4ccn(C)n4)cc3S(C)(=O)=O)cc(Cl)nc2n1C1CCCCO1.NC(=O)C1CC1(F)F. The van der Waals surface area contributed by atoms with E-state index in [-0.39, 0.29) is 58.4 Å². The maximum Gasteiger partial charge on any atom is 0.260 e. The number of nitrogens with two attached hydrogens (primary N) is 2. The Bertz CT molecular complexity index is 7900. The van der Waals surface area contributed by atoms with Crippen molar-refractivity contribution in [1.29, 1.82) is 0 Å². The molecule has 2 saturated carbocycles. The molecule has 148 heavy (non-hydrogen) atoms. The molecule has 16 aromatic rings. The molecular formula is C101H111Cl4F4N25O10S4. The predicted octanol–water partition coefficient (Wildman–Crippen LogP) is 21.6. The molecule has 1 amide bonds. The molecule has 0 bridgehead atoms. The summed E-state index contributed by atoms with van der Waals surface area (Å²) in [6.07, 6.45) is 26.2. The molecule has 6 fully saturated rings. The minimum Gasteiger partial charge on any atom is -0.398 e. The number of benzene rings is 4. The molecule has 0 spiro atoms. The molecule has 780 valence electrons. The van der Waals surface area contributed by atoms with Crippen LogP contribution in [0.15, 0.2) is 166 Å². The van der Waals surface area contributed by atoms with E-state index in [0.717, 1.165) is 174 Å². The lowest BCUT2D eigenvalue weighted by Crippen LogP contribution is -2.20. The van der Waals surface area contributed by atoms with Gasteiger partial charge in [0.05, 0.1) is 83.8 Å². The fourth-order valence-corrected chi connectivity index (χ4v) is 21.9. The number of pyridine rings is 4. The van der Waals surface area contributed by atoms with Gasteiger partial charge in [-0.15, -0.1) is 23.5 Å². The average molecular weight is 2180 g/mol. The van der Waals surface area contributed by atoms with E-state index in [0.29, 0.717) is 113 Å². The topological polar surface area (TPSA) is 422 Å². The summed E-state index contributed by atoms with van der Waals surface area (Å²) >= 11 is 28.3. The number of aryl methyl sites for hydroxylation is 8. The Kier molecular flexibility index (Phi) is 32.5. The van der Waals surface area contributed by atoms with Crippen molar-refractivity contribution < 1.29 is 62.9 Å². The van der Waals surface area contributed by atoms with Crippen LogP contribution < -0.4 is 27.4 Å². The summed E-state index contributed by atoms with van der Waals surface area (Å²) in [6, 6.07) is 34.8. The van der Waals surface area contributed by atoms with Crippen molar-refractivity contribution in [3.63, 3.8) is 0 Å². The number of imidazole rings is 4. The zero-order chi connectivity index (χ0) is 105. The van der Waals surface area contributed by atoms with Gasteiger partial charge in [-0.3, -0.25) is 46.6 Å². The Labute approximate surface area is 879 Å². The molecule has 4 aliphatic heterocycles. The van der Waals surface area contributed by atoms with Crippen molar-refractivity contribution in [1.82, 2.24) is 97.3 Å². The molecule has 4 aromatic carbocycles. The average Bonchev–Trinajstić information content (AvgIpc) is 1.61. The number of hydrogen-bond acceptors (Lipinski definition) is 28. The normalized spacial score (nSPS) is 18.4. The quantitative estimate of drug-likeness (QED) is 0.0182. The van der Waals surface area contributed by atoms with Gasteiger partial charge < -0.3 is 46.4 Å². The first-order valence-electron chi connectivity index (χ1n) is 47.9. The van der Waals surface area contributed by atoms with Crippen LogP contribution in [0.2, 0.25) is 20.5 Å². The first-order chi connectivity index (χ1) is 70.5. The number of ketones is 1. The first-order valence-corrected chi connectivity index (χ1v) is 55.6. The monoisotopic (exact) mass is 2180 g/mol. The third-order valence-electron chi connectivity index (χ3n) is 25.8. The number of thioether (sulfide) groups is 2. The van der Waals surface area contributed by atoms with Gasteiger partial charge in [0.2, 0.25) is 5.91 Å². The molecule has 0 radical (unpaired) electrons. The lowest BCUT2D eigenvalue weighted by molar-refractivity contribution is -0.122. The summed E-state index contributed by atoms with van der Waals surface area (Å²) in [6.45, 7) is 10.5. The predicted molar refractivity (Wildman–Crippen MR) is 567 cm³/mol. The van der Waals surface area contributed by atoms with Crippen molar-refractivity contribution in [3.05, 3.63) is 196 Å². The van der Waals surface area contributed by atoms with Crippen molar-refractivity contribution in [2.24, 2.45) is 45.8 Å². The number of Topliss-reactive ketones (excluding diaryl/α,β-unsaturated/α-hetero) is 1. The third kappa shape index (κ3) is 24.6. The van der Waals surface area contributed by atoms with Crippen LogP contribution in [-0.4, -0.2) is 189 Å². The number of fused-ring (bicyclic) bond motifs is 4. The van der Waals surface area contributed by atoms with E-state index in [1.165, 1.54) is 6.26 Å². The molecule has 6 unspecified atom stereocenters. The maximum atomic E-state index is 13.6. The number of primary amides is 1. The molecule has 2 aliphatic carbocycles. The number of rotatable bonds is 22. The van der Waals surface area contributed by atoms with Crippen molar-refractivity contribution in [3.8, 4) is 44.9 Å². The molecule has 7 N–H and O–H groups in total. The van der Waals surface area contributed by atoms with Crippen LogP contribution in [-0.2, 0) is 82.8 Å². The molecule has 22 rings (SSSR count). The van der Waals surface area contributed by atoms with E-state index in [1.807, 2.05) is 135 Å². The summed E-state index contributed by atoms with van der Waals surface area (Å²) in [5.41, 5.74) is 27.0. The van der Waals surface area contributed by atoms with Crippen molar-refractivity contribution >= 4 is 186 Å². The number of nitrogen functional groups attached to an aromatic ring is 1. The lowest BCUT2D eigenvalue weighted by Gasteiger charge is -2.25. The highest BCUT2D eigenvalue weighted by molar-refractivity contribution is 7.99. The molecule has 6 atom stereocenters. The van der Waals surface area contributed by atoms with E-state index in [9.17, 15) is 44.0 Å². The first kappa shape index (κ1) is 107. The molecule has 6 aliphatic rings. The fraction of sp³-hybridized carbons (Fsp3) is 0.386. The summed E-state index contributed by atoms with van der Waals surface area (Å²) in [4.78, 5) is 61.9. The van der Waals surface area contributed by atoms with Gasteiger partial charge in [-0.2, -0.15) is 20.4 Å². The molecule has 47 heteroatoms. The Morgan fingerprint density at radius 1 is 0.432 bits per heavy atom. The third-order valence-corrected chi connectivity index (χ3v) is 30.5. The van der Waals surface area contributed by atoms with Gasteiger partial charge in [0.15, 0.2) is 42.3 Å². The van der Waals surface area contributed by atoms with Crippen LogP contribution >= 0.6 is 69.9 Å². The number of aromatic nitrogens is 20. The van der Waals surface area contributed by atoms with Gasteiger partial charge in [-0.25, -0.2) is 74.3 Å². The van der Waals surface area contributed by atoms with E-state index in [4.69, 9.17) is 86.0 Å². The summed E-state index contributed by atoms with van der Waals surface area (Å²) in [5.74, 6) is -6.60. The standard InChI is InChI=1S/C28H30F2N6O4S.C23H25ClN6O3S.C23H25ClN6OS.C12H13Cl2N3O.C11H13N3S.C4H5F2NO/c1-16-31-26-22(33-21-8-7-17(12-24(21)41(3,38)39)20-9-10-35(2)34-20)13-18(14-23(37)19-15-28(19,29)30)32-27(26)36(16)25-6-4-5-11-40-25;1-14-25-22-18(13-20(24)27-23(22)30(14)21-6-4-5-11-33-21)26-17-8-7-15(12-19(17)34(3,31)32)16-9-10-29(2)28-16;1-14-25-22-18(13-20(24)27-23(22)30(14)21-6-4-5-11-31-21)26-17-8-7-15(12-19(17)32-3)16-9-10-29(2)28-16;1-7-15-11-8(13)6-9(14)16-12(11)17(7)10-4-2-3-5-18-10;1-14-7-9(6-13-14)8-3-4-10(12)11(5-8)15-2;5-4(6)1-2(4)3(7)8/h7-10,12-13,19,25H,4-6,11,14-15H2,1-3H3,(H,32,33);7-10,12-13,21H,4-6,11H2,1-3H3,(H,26,27);7-10,12-13,21H,4-6,11H2,1-3H3,(H,26,27);6,10H,2-5H2,1H3;3-7H,12H2,1-2H3;2H,1H2,(H2,7,8). The molecule has 4 saturated heterocycles. The van der Waals surface area contributed by atoms with Crippen LogP contribution in [0, 0.1) is 39.5 Å². The van der Waals surface area contributed by atoms with Crippen molar-refractivity contribution in [2.75, 3.05) is 73.1 Å². The van der Waals surface area contributed by atoms with E-state index in [1.54, 1.807) is 105 Å². The molecule has 16 heterocycles. The molecule has 35 nitrogen and oxygen atoms in total. The van der Waals surface area contributed by atoms with Gasteiger partial charge in [-0.05, 0) is 202 Å². The Balaban J connectivity index is 0.000000128. The lowest BCUT2D eigenvalue weighted by atomic mass is 10.1. The second-order valence-corrected chi connectivity index (χ2v) is 44.2. The van der Waals surface area contributed by atoms with Gasteiger partial charge in [0.1, 0.15) is 97.4 Å². The zero-order valence-corrected chi connectivity index (χ0v) is 89.4. The minimum atomic E-state index is -3.69. The van der Waals surface area contributed by atoms with Gasteiger partial charge in [0.25, 0.3) is 11.8 Å². The maximum absolute atomic E-state index is 13.6. The van der Waals surface area contributed by atoms with E-state index >= 15 is 0 Å². The number of sulfone groups is 2. The summed E-state index contributed by atoms with van der Waals surface area (Å²) in [7, 11) is 0.183. The van der Waals surface area contributed by atoms with Crippen LogP contribution in [0.25, 0.3) is 89.6 Å².